The maximum absolute atomic E-state index is 4.84. The fourth-order valence-electron chi connectivity index (χ4n) is 2.98. The van der Waals surface area contributed by atoms with E-state index in [9.17, 15) is 0 Å². The van der Waals surface area contributed by atoms with Crippen LogP contribution in [0.5, 0.6) is 0 Å². The van der Waals surface area contributed by atoms with Gasteiger partial charge in [-0.05, 0) is 38.4 Å². The molecule has 1 heterocycles. The van der Waals surface area contributed by atoms with Crippen LogP contribution in [0.3, 0.4) is 0 Å². The van der Waals surface area contributed by atoms with Gasteiger partial charge in [0.05, 0.1) is 11.1 Å². The zero-order valence-corrected chi connectivity index (χ0v) is 13.5. The number of benzene rings is 1. The Hall–Kier alpha value is -1.74. The van der Waals surface area contributed by atoms with Crippen molar-refractivity contribution in [2.75, 3.05) is 7.05 Å². The Balaban J connectivity index is 2.57. The third-order valence-corrected chi connectivity index (χ3v) is 4.23. The zero-order chi connectivity index (χ0) is 15.3. The Bertz CT molecular complexity index is 574. The van der Waals surface area contributed by atoms with E-state index < -0.39 is 0 Å². The summed E-state index contributed by atoms with van der Waals surface area (Å²) in [4.78, 5) is 9.61. The summed E-state index contributed by atoms with van der Waals surface area (Å²) in [5, 5.41) is 3.18. The Morgan fingerprint density at radius 2 is 1.71 bits per heavy atom. The van der Waals surface area contributed by atoms with Crippen LogP contribution in [0.4, 0.5) is 0 Å². The van der Waals surface area contributed by atoms with Crippen LogP contribution >= 0.6 is 0 Å². The van der Waals surface area contributed by atoms with Gasteiger partial charge in [-0.15, -0.1) is 0 Å². The Labute approximate surface area is 127 Å². The predicted molar refractivity (Wildman–Crippen MR) is 87.3 cm³/mol. The van der Waals surface area contributed by atoms with Crippen LogP contribution < -0.4 is 5.32 Å². The Morgan fingerprint density at radius 3 is 2.29 bits per heavy atom. The van der Waals surface area contributed by atoms with Crippen LogP contribution in [-0.4, -0.2) is 17.0 Å². The molecule has 3 nitrogen and oxygen atoms in total. The van der Waals surface area contributed by atoms with E-state index in [1.807, 2.05) is 14.0 Å². The highest BCUT2D eigenvalue weighted by molar-refractivity contribution is 5.33. The number of rotatable bonds is 6. The van der Waals surface area contributed by atoms with E-state index in [4.69, 9.17) is 9.97 Å². The molecule has 0 aliphatic carbocycles. The molecule has 0 atom stereocenters. The highest BCUT2D eigenvalue weighted by atomic mass is 14.9. The van der Waals surface area contributed by atoms with Gasteiger partial charge in [-0.25, -0.2) is 9.97 Å². The van der Waals surface area contributed by atoms with Crippen molar-refractivity contribution >= 4 is 0 Å². The molecule has 0 aliphatic rings. The van der Waals surface area contributed by atoms with E-state index >= 15 is 0 Å². The average Bonchev–Trinajstić information content (AvgIpc) is 2.50. The lowest BCUT2D eigenvalue weighted by Gasteiger charge is -2.31. The minimum Gasteiger partial charge on any atom is -0.314 e. The van der Waals surface area contributed by atoms with Gasteiger partial charge < -0.3 is 5.32 Å². The summed E-state index contributed by atoms with van der Waals surface area (Å²) in [6, 6.07) is 12.7. The molecule has 112 valence electrons. The molecule has 0 bridgehead atoms. The normalized spacial score (nSPS) is 11.6. The topological polar surface area (TPSA) is 37.8 Å². The summed E-state index contributed by atoms with van der Waals surface area (Å²) in [6.07, 6.45) is 1.99. The second-order valence-corrected chi connectivity index (χ2v) is 5.51. The lowest BCUT2D eigenvalue weighted by atomic mass is 9.75. The monoisotopic (exact) mass is 283 g/mol. The van der Waals surface area contributed by atoms with Crippen molar-refractivity contribution in [2.24, 2.45) is 0 Å². The van der Waals surface area contributed by atoms with Gasteiger partial charge in [0, 0.05) is 12.2 Å². The first-order valence-corrected chi connectivity index (χ1v) is 7.71. The fourth-order valence-corrected chi connectivity index (χ4v) is 2.98. The molecule has 2 aromatic rings. The maximum atomic E-state index is 4.84. The molecule has 2 rings (SSSR count). The number of hydrogen-bond donors (Lipinski definition) is 1. The lowest BCUT2D eigenvalue weighted by Crippen LogP contribution is -2.30. The van der Waals surface area contributed by atoms with Crippen LogP contribution in [0.1, 0.15) is 49.5 Å². The Kier molecular flexibility index (Phi) is 5.07. The first-order valence-electron chi connectivity index (χ1n) is 7.71. The van der Waals surface area contributed by atoms with E-state index in [1.54, 1.807) is 0 Å². The molecule has 0 aliphatic heterocycles. The van der Waals surface area contributed by atoms with E-state index in [-0.39, 0.29) is 5.41 Å². The standard InChI is InChI=1S/C18H25N3/c1-5-18(6-2,15-10-8-7-9-11-15)17-20-14(3)12-16(21-17)13-19-4/h7-12,19H,5-6,13H2,1-4H3. The zero-order valence-electron chi connectivity index (χ0n) is 13.5. The van der Waals surface area contributed by atoms with Crippen molar-refractivity contribution in [1.29, 1.82) is 0 Å². The van der Waals surface area contributed by atoms with E-state index in [0.717, 1.165) is 36.6 Å². The van der Waals surface area contributed by atoms with Crippen molar-refractivity contribution in [2.45, 2.75) is 45.6 Å². The number of aryl methyl sites for hydroxylation is 1. The van der Waals surface area contributed by atoms with E-state index in [2.05, 4.69) is 55.6 Å². The van der Waals surface area contributed by atoms with Gasteiger partial charge in [-0.1, -0.05) is 44.2 Å². The van der Waals surface area contributed by atoms with Crippen LogP contribution in [0, 0.1) is 6.92 Å². The first kappa shape index (κ1) is 15.6. The smallest absolute Gasteiger partial charge is 0.139 e. The van der Waals surface area contributed by atoms with Gasteiger partial charge in [0.2, 0.25) is 0 Å². The van der Waals surface area contributed by atoms with Gasteiger partial charge in [0.15, 0.2) is 0 Å². The molecule has 0 radical (unpaired) electrons. The minimum absolute atomic E-state index is 0.101. The molecule has 1 aromatic heterocycles. The molecule has 3 heteroatoms. The molecule has 0 saturated heterocycles. The highest BCUT2D eigenvalue weighted by Gasteiger charge is 2.33. The van der Waals surface area contributed by atoms with Crippen LogP contribution in [0.15, 0.2) is 36.4 Å². The molecular weight excluding hydrogens is 258 g/mol. The molecule has 0 saturated carbocycles. The van der Waals surface area contributed by atoms with Gasteiger partial charge in [0.1, 0.15) is 5.82 Å². The first-order chi connectivity index (χ1) is 10.2. The molecule has 0 spiro atoms. The second kappa shape index (κ2) is 6.81. The van der Waals surface area contributed by atoms with Crippen molar-refractivity contribution in [1.82, 2.24) is 15.3 Å². The molecule has 21 heavy (non-hydrogen) atoms. The van der Waals surface area contributed by atoms with Gasteiger partial charge in [-0.3, -0.25) is 0 Å². The third-order valence-electron chi connectivity index (χ3n) is 4.23. The SMILES string of the molecule is CCC(CC)(c1ccccc1)c1nc(C)cc(CNC)n1. The third kappa shape index (κ3) is 3.13. The van der Waals surface area contributed by atoms with Crippen molar-refractivity contribution in [3.63, 3.8) is 0 Å². The molecular formula is C18H25N3. The fraction of sp³-hybridized carbons (Fsp3) is 0.444. The summed E-state index contributed by atoms with van der Waals surface area (Å²) >= 11 is 0. The molecule has 0 amide bonds. The lowest BCUT2D eigenvalue weighted by molar-refractivity contribution is 0.445. The Morgan fingerprint density at radius 1 is 1.05 bits per heavy atom. The maximum Gasteiger partial charge on any atom is 0.139 e. The summed E-state index contributed by atoms with van der Waals surface area (Å²) in [7, 11) is 1.95. The molecule has 1 N–H and O–H groups in total. The number of nitrogens with zero attached hydrogens (tertiary/aromatic N) is 2. The van der Waals surface area contributed by atoms with Crippen LogP contribution in [0.25, 0.3) is 0 Å². The van der Waals surface area contributed by atoms with Gasteiger partial charge in [-0.2, -0.15) is 0 Å². The highest BCUT2D eigenvalue weighted by Crippen LogP contribution is 2.36. The van der Waals surface area contributed by atoms with Gasteiger partial charge >= 0.3 is 0 Å². The molecule has 1 aromatic carbocycles. The van der Waals surface area contributed by atoms with E-state index in [0.29, 0.717) is 0 Å². The minimum atomic E-state index is -0.101. The summed E-state index contributed by atoms with van der Waals surface area (Å²) in [5.74, 6) is 0.948. The van der Waals surface area contributed by atoms with Crippen molar-refractivity contribution in [3.8, 4) is 0 Å². The number of hydrogen-bond acceptors (Lipinski definition) is 3. The largest absolute Gasteiger partial charge is 0.314 e. The number of aromatic nitrogens is 2. The average molecular weight is 283 g/mol. The quantitative estimate of drug-likeness (QED) is 0.880. The molecule has 0 unspecified atom stereocenters. The summed E-state index contributed by atoms with van der Waals surface area (Å²) in [6.45, 7) is 7.26. The van der Waals surface area contributed by atoms with Crippen LogP contribution in [0.2, 0.25) is 0 Å². The van der Waals surface area contributed by atoms with E-state index in [1.165, 1.54) is 5.56 Å². The van der Waals surface area contributed by atoms with Crippen molar-refractivity contribution in [3.05, 3.63) is 59.2 Å². The van der Waals surface area contributed by atoms with Crippen molar-refractivity contribution < 1.29 is 0 Å². The summed E-state index contributed by atoms with van der Waals surface area (Å²) in [5.41, 5.74) is 3.29. The molecule has 0 fully saturated rings. The predicted octanol–water partition coefficient (Wildman–Crippen LogP) is 3.61. The van der Waals surface area contributed by atoms with Crippen LogP contribution in [-0.2, 0) is 12.0 Å². The second-order valence-electron chi connectivity index (χ2n) is 5.51. The van der Waals surface area contributed by atoms with Gasteiger partial charge in [0.25, 0.3) is 0 Å². The summed E-state index contributed by atoms with van der Waals surface area (Å²) < 4.78 is 0. The number of nitrogens with one attached hydrogen (secondary N) is 1.